The number of aliphatic imine (C=N–C) groups is 1. The maximum atomic E-state index is 12.1. The zero-order valence-electron chi connectivity index (χ0n) is 13.9. The molecule has 1 fully saturated rings. The molecule has 6 heteroatoms. The van der Waals surface area contributed by atoms with Crippen molar-refractivity contribution < 1.29 is 4.79 Å². The zero-order chi connectivity index (χ0) is 15.8. The maximum Gasteiger partial charge on any atom is 0.239 e. The summed E-state index contributed by atoms with van der Waals surface area (Å²) in [7, 11) is 3.65. The molecule has 0 spiro atoms. The first-order chi connectivity index (χ1) is 9.91. The Morgan fingerprint density at radius 2 is 2.19 bits per heavy atom. The van der Waals surface area contributed by atoms with Crippen molar-refractivity contribution in [2.75, 3.05) is 40.3 Å². The first-order valence-corrected chi connectivity index (χ1v) is 7.90. The van der Waals surface area contributed by atoms with Gasteiger partial charge in [-0.15, -0.1) is 0 Å². The van der Waals surface area contributed by atoms with Gasteiger partial charge in [0.05, 0.1) is 6.04 Å². The lowest BCUT2D eigenvalue weighted by Crippen LogP contribution is -2.43. The Bertz CT molecular complexity index is 354. The minimum atomic E-state index is 0.0620. The van der Waals surface area contributed by atoms with Crippen LogP contribution in [-0.2, 0) is 4.79 Å². The van der Waals surface area contributed by atoms with E-state index in [4.69, 9.17) is 5.73 Å². The standard InChI is InChI=1S/C15H31N5O/c1-12(2)11-18-15(16)17-8-6-10-20-9-5-7-13(20)14(21)19(3)4/h12-13H,5-11H2,1-4H3,(H3,16,17,18). The molecule has 0 aliphatic carbocycles. The molecule has 1 saturated heterocycles. The molecule has 1 atom stereocenters. The Balaban J connectivity index is 2.26. The third-order valence-electron chi connectivity index (χ3n) is 3.64. The van der Waals surface area contributed by atoms with Crippen molar-refractivity contribution in [3.05, 3.63) is 0 Å². The van der Waals surface area contributed by atoms with Crippen LogP contribution in [0.4, 0.5) is 0 Å². The predicted octanol–water partition coefficient (Wildman–Crippen LogP) is 0.489. The number of hydrogen-bond donors (Lipinski definition) is 2. The van der Waals surface area contributed by atoms with E-state index in [1.807, 2.05) is 14.1 Å². The van der Waals surface area contributed by atoms with Crippen LogP contribution < -0.4 is 11.1 Å². The highest BCUT2D eigenvalue weighted by atomic mass is 16.2. The van der Waals surface area contributed by atoms with Crippen LogP contribution in [0.25, 0.3) is 0 Å². The van der Waals surface area contributed by atoms with E-state index < -0.39 is 0 Å². The van der Waals surface area contributed by atoms with Crippen molar-refractivity contribution in [1.29, 1.82) is 0 Å². The summed E-state index contributed by atoms with van der Waals surface area (Å²) >= 11 is 0. The summed E-state index contributed by atoms with van der Waals surface area (Å²) in [6.07, 6.45) is 3.05. The number of likely N-dealkylation sites (tertiary alicyclic amines) is 1. The molecular weight excluding hydrogens is 266 g/mol. The second-order valence-corrected chi connectivity index (χ2v) is 6.33. The number of amides is 1. The first-order valence-electron chi connectivity index (χ1n) is 7.90. The van der Waals surface area contributed by atoms with E-state index in [9.17, 15) is 4.79 Å². The largest absolute Gasteiger partial charge is 0.370 e. The molecule has 0 bridgehead atoms. The van der Waals surface area contributed by atoms with E-state index in [0.29, 0.717) is 11.9 Å². The molecule has 1 heterocycles. The van der Waals surface area contributed by atoms with Crippen molar-refractivity contribution in [2.45, 2.75) is 39.2 Å². The predicted molar refractivity (Wildman–Crippen MR) is 87.2 cm³/mol. The van der Waals surface area contributed by atoms with E-state index in [1.54, 1.807) is 4.90 Å². The van der Waals surface area contributed by atoms with Crippen molar-refractivity contribution >= 4 is 11.9 Å². The van der Waals surface area contributed by atoms with Crippen LogP contribution in [0, 0.1) is 5.92 Å². The molecule has 1 aliphatic heterocycles. The second-order valence-electron chi connectivity index (χ2n) is 6.33. The fraction of sp³-hybridized carbons (Fsp3) is 0.867. The van der Waals surface area contributed by atoms with Gasteiger partial charge in [-0.2, -0.15) is 0 Å². The summed E-state index contributed by atoms with van der Waals surface area (Å²) in [5, 5.41) is 3.13. The molecule has 0 aromatic carbocycles. The van der Waals surface area contributed by atoms with Crippen LogP contribution in [0.15, 0.2) is 4.99 Å². The minimum absolute atomic E-state index is 0.0620. The molecule has 1 unspecified atom stereocenters. The monoisotopic (exact) mass is 297 g/mol. The van der Waals surface area contributed by atoms with E-state index in [1.165, 1.54) is 0 Å². The van der Waals surface area contributed by atoms with E-state index in [0.717, 1.165) is 45.4 Å². The smallest absolute Gasteiger partial charge is 0.239 e. The highest BCUT2D eigenvalue weighted by Crippen LogP contribution is 2.18. The van der Waals surface area contributed by atoms with Gasteiger partial charge in [-0.1, -0.05) is 13.8 Å². The topological polar surface area (TPSA) is 74.0 Å². The summed E-state index contributed by atoms with van der Waals surface area (Å²) in [4.78, 5) is 20.3. The number of guanidine groups is 1. The highest BCUT2D eigenvalue weighted by Gasteiger charge is 2.30. The fourth-order valence-electron chi connectivity index (χ4n) is 2.51. The zero-order valence-corrected chi connectivity index (χ0v) is 13.9. The van der Waals surface area contributed by atoms with Crippen molar-refractivity contribution in [2.24, 2.45) is 16.6 Å². The summed E-state index contributed by atoms with van der Waals surface area (Å²) < 4.78 is 0. The summed E-state index contributed by atoms with van der Waals surface area (Å²) in [5.41, 5.74) is 5.80. The number of carbonyl (C=O) groups excluding carboxylic acids is 1. The third-order valence-corrected chi connectivity index (χ3v) is 3.64. The van der Waals surface area contributed by atoms with Gasteiger partial charge in [0.1, 0.15) is 0 Å². The normalized spacial score (nSPS) is 20.0. The van der Waals surface area contributed by atoms with E-state index >= 15 is 0 Å². The second kappa shape index (κ2) is 8.87. The number of hydrogen-bond acceptors (Lipinski definition) is 3. The Morgan fingerprint density at radius 1 is 1.48 bits per heavy atom. The molecule has 0 radical (unpaired) electrons. The molecule has 0 saturated carbocycles. The molecule has 6 nitrogen and oxygen atoms in total. The lowest BCUT2D eigenvalue weighted by atomic mass is 10.2. The molecule has 0 aromatic rings. The first kappa shape index (κ1) is 17.8. The Kier molecular flexibility index (Phi) is 7.50. The molecule has 1 rings (SSSR count). The van der Waals surface area contributed by atoms with Crippen LogP contribution in [0.5, 0.6) is 0 Å². The fourth-order valence-corrected chi connectivity index (χ4v) is 2.51. The van der Waals surface area contributed by atoms with Crippen LogP contribution in [0.1, 0.15) is 33.1 Å². The number of carbonyl (C=O) groups is 1. The Hall–Kier alpha value is -1.30. The van der Waals surface area contributed by atoms with Gasteiger partial charge >= 0.3 is 0 Å². The lowest BCUT2D eigenvalue weighted by molar-refractivity contribution is -0.133. The number of likely N-dealkylation sites (N-methyl/N-ethyl adjacent to an activating group) is 1. The maximum absolute atomic E-state index is 12.1. The number of nitrogens with one attached hydrogen (secondary N) is 1. The van der Waals surface area contributed by atoms with Crippen LogP contribution in [0.2, 0.25) is 0 Å². The molecule has 1 aliphatic rings. The van der Waals surface area contributed by atoms with Gasteiger partial charge in [0.15, 0.2) is 5.96 Å². The van der Waals surface area contributed by atoms with Gasteiger partial charge in [0.2, 0.25) is 5.91 Å². The van der Waals surface area contributed by atoms with Gasteiger partial charge in [-0.05, 0) is 31.7 Å². The average molecular weight is 297 g/mol. The average Bonchev–Trinajstić information content (AvgIpc) is 2.88. The summed E-state index contributed by atoms with van der Waals surface area (Å²) in [5.74, 6) is 1.26. The van der Waals surface area contributed by atoms with Crippen molar-refractivity contribution in [3.8, 4) is 0 Å². The summed E-state index contributed by atoms with van der Waals surface area (Å²) in [6, 6.07) is 0.0620. The van der Waals surface area contributed by atoms with Crippen LogP contribution in [-0.4, -0.2) is 68.0 Å². The van der Waals surface area contributed by atoms with E-state index in [-0.39, 0.29) is 11.9 Å². The Morgan fingerprint density at radius 3 is 2.81 bits per heavy atom. The minimum Gasteiger partial charge on any atom is -0.370 e. The Labute approximate surface area is 128 Å². The van der Waals surface area contributed by atoms with Gasteiger partial charge in [-0.3, -0.25) is 14.7 Å². The molecule has 0 aromatic heterocycles. The highest BCUT2D eigenvalue weighted by molar-refractivity contribution is 5.81. The van der Waals surface area contributed by atoms with Crippen LogP contribution in [0.3, 0.4) is 0 Å². The lowest BCUT2D eigenvalue weighted by Gasteiger charge is -2.26. The van der Waals surface area contributed by atoms with Crippen molar-refractivity contribution in [3.63, 3.8) is 0 Å². The van der Waals surface area contributed by atoms with E-state index in [2.05, 4.69) is 29.1 Å². The molecular formula is C15H31N5O. The van der Waals surface area contributed by atoms with Gasteiger partial charge in [-0.25, -0.2) is 0 Å². The van der Waals surface area contributed by atoms with Crippen molar-refractivity contribution in [1.82, 2.24) is 15.1 Å². The SMILES string of the molecule is CC(C)CN=C(N)NCCCN1CCCC1C(=O)N(C)C. The van der Waals surface area contributed by atoms with Gasteiger partial charge < -0.3 is 16.0 Å². The number of nitrogens with zero attached hydrogens (tertiary/aromatic N) is 3. The quantitative estimate of drug-likeness (QED) is 0.407. The number of nitrogens with two attached hydrogens (primary N) is 1. The van der Waals surface area contributed by atoms with Gasteiger partial charge in [0, 0.05) is 33.7 Å². The summed E-state index contributed by atoms with van der Waals surface area (Å²) in [6.45, 7) is 7.73. The molecule has 21 heavy (non-hydrogen) atoms. The molecule has 1 amide bonds. The molecule has 122 valence electrons. The molecule has 3 N–H and O–H groups in total. The third kappa shape index (κ3) is 6.33. The van der Waals surface area contributed by atoms with Gasteiger partial charge in [0.25, 0.3) is 0 Å². The number of rotatable bonds is 7. The van der Waals surface area contributed by atoms with Crippen LogP contribution >= 0.6 is 0 Å².